The molecule has 0 saturated heterocycles. The molecular formula is C19H18ClFN2O3. The Bertz CT molecular complexity index is 900. The van der Waals surface area contributed by atoms with Crippen molar-refractivity contribution in [1.29, 1.82) is 0 Å². The Labute approximate surface area is 155 Å². The van der Waals surface area contributed by atoms with Crippen LogP contribution in [0.2, 0.25) is 5.02 Å². The molecule has 1 aromatic carbocycles. The summed E-state index contributed by atoms with van der Waals surface area (Å²) in [5, 5.41) is 9.19. The minimum atomic E-state index is -1.17. The lowest BCUT2D eigenvalue weighted by Crippen LogP contribution is -2.42. The SMILES string of the molecule is Cc1ncc(Cl)cc1C1=C[C@](C(=O)NOO)(c2cccc(F)c2C)CC1. The summed E-state index contributed by atoms with van der Waals surface area (Å²) in [7, 11) is 0. The number of benzene rings is 1. The number of amides is 1. The van der Waals surface area contributed by atoms with Crippen molar-refractivity contribution >= 4 is 23.1 Å². The number of hydrogen-bond acceptors (Lipinski definition) is 4. The minimum Gasteiger partial charge on any atom is -0.271 e. The zero-order valence-electron chi connectivity index (χ0n) is 14.3. The fourth-order valence-electron chi connectivity index (χ4n) is 3.56. The number of aryl methyl sites for hydroxylation is 1. The second-order valence-corrected chi connectivity index (χ2v) is 6.80. The van der Waals surface area contributed by atoms with E-state index in [4.69, 9.17) is 16.9 Å². The topological polar surface area (TPSA) is 71.5 Å². The maximum atomic E-state index is 14.1. The van der Waals surface area contributed by atoms with Gasteiger partial charge in [-0.3, -0.25) is 9.78 Å². The van der Waals surface area contributed by atoms with Crippen LogP contribution in [0.25, 0.3) is 5.57 Å². The van der Waals surface area contributed by atoms with E-state index in [-0.39, 0.29) is 0 Å². The third-order valence-corrected chi connectivity index (χ3v) is 5.11. The van der Waals surface area contributed by atoms with Gasteiger partial charge in [0.25, 0.3) is 5.91 Å². The zero-order chi connectivity index (χ0) is 18.9. The van der Waals surface area contributed by atoms with Crippen molar-refractivity contribution in [3.8, 4) is 0 Å². The van der Waals surface area contributed by atoms with Gasteiger partial charge in [0.1, 0.15) is 5.82 Å². The molecule has 2 N–H and O–H groups in total. The normalized spacial score (nSPS) is 19.3. The Hall–Kier alpha value is -2.28. The first-order chi connectivity index (χ1) is 12.4. The number of hydroxylamine groups is 1. The molecule has 1 aliphatic carbocycles. The molecule has 0 bridgehead atoms. The quantitative estimate of drug-likeness (QED) is 0.621. The van der Waals surface area contributed by atoms with E-state index in [1.165, 1.54) is 6.07 Å². The Kier molecular flexibility index (Phi) is 5.09. The molecule has 1 heterocycles. The molecule has 0 radical (unpaired) electrons. The van der Waals surface area contributed by atoms with Crippen LogP contribution in [0.5, 0.6) is 0 Å². The average Bonchev–Trinajstić information content (AvgIpc) is 3.06. The summed E-state index contributed by atoms with van der Waals surface area (Å²) >= 11 is 6.07. The number of hydrogen-bond donors (Lipinski definition) is 2. The minimum absolute atomic E-state index is 0.374. The lowest BCUT2D eigenvalue weighted by molar-refractivity contribution is -0.285. The summed E-state index contributed by atoms with van der Waals surface area (Å²) in [6, 6.07) is 6.41. The molecular weight excluding hydrogens is 359 g/mol. The van der Waals surface area contributed by atoms with Crippen LogP contribution in [0.4, 0.5) is 4.39 Å². The van der Waals surface area contributed by atoms with E-state index < -0.39 is 17.1 Å². The molecule has 0 aliphatic heterocycles. The van der Waals surface area contributed by atoms with Crippen molar-refractivity contribution in [3.63, 3.8) is 0 Å². The van der Waals surface area contributed by atoms with Gasteiger partial charge in [0.15, 0.2) is 0 Å². The first kappa shape index (κ1) is 18.5. The predicted octanol–water partition coefficient (Wildman–Crippen LogP) is 4.13. The second-order valence-electron chi connectivity index (χ2n) is 6.36. The highest BCUT2D eigenvalue weighted by atomic mass is 35.5. The van der Waals surface area contributed by atoms with Gasteiger partial charge in [-0.2, -0.15) is 0 Å². The number of rotatable bonds is 4. The van der Waals surface area contributed by atoms with Crippen molar-refractivity contribution in [1.82, 2.24) is 10.5 Å². The molecule has 0 spiro atoms. The van der Waals surface area contributed by atoms with Crippen LogP contribution < -0.4 is 5.48 Å². The van der Waals surface area contributed by atoms with E-state index in [9.17, 15) is 9.18 Å². The maximum Gasteiger partial charge on any atom is 0.260 e. The molecule has 2 aromatic rings. The van der Waals surface area contributed by atoms with Gasteiger partial charge in [-0.1, -0.05) is 29.8 Å². The van der Waals surface area contributed by atoms with E-state index in [0.29, 0.717) is 29.0 Å². The summed E-state index contributed by atoms with van der Waals surface area (Å²) in [6.45, 7) is 3.48. The Balaban J connectivity index is 2.18. The van der Waals surface area contributed by atoms with E-state index in [1.54, 1.807) is 37.4 Å². The van der Waals surface area contributed by atoms with E-state index >= 15 is 0 Å². The standard InChI is InChI=1S/C19H18ClFN2O3/c1-11-16(4-3-5-17(11)21)19(18(24)23-26-25)7-6-13(9-19)15-8-14(20)10-22-12(15)2/h3-5,8-10,25H,6-7H2,1-2H3,(H,23,24)/t19-/m0/s1. The molecule has 26 heavy (non-hydrogen) atoms. The van der Waals surface area contributed by atoms with Gasteiger partial charge in [0, 0.05) is 17.5 Å². The number of nitrogens with zero attached hydrogens (tertiary/aromatic N) is 1. The van der Waals surface area contributed by atoms with Gasteiger partial charge >= 0.3 is 0 Å². The van der Waals surface area contributed by atoms with E-state index in [2.05, 4.69) is 9.97 Å². The molecule has 3 rings (SSSR count). The van der Waals surface area contributed by atoms with Crippen LogP contribution in [0.15, 0.2) is 36.5 Å². The number of aromatic nitrogens is 1. The molecule has 1 aliphatic rings. The van der Waals surface area contributed by atoms with Gasteiger partial charge in [-0.15, -0.1) is 4.99 Å². The Morgan fingerprint density at radius 1 is 1.42 bits per heavy atom. The smallest absolute Gasteiger partial charge is 0.260 e. The number of nitrogens with one attached hydrogen (secondary N) is 1. The Morgan fingerprint density at radius 2 is 2.19 bits per heavy atom. The molecule has 5 nitrogen and oxygen atoms in total. The summed E-state index contributed by atoms with van der Waals surface area (Å²) in [5.41, 5.74) is 4.21. The lowest BCUT2D eigenvalue weighted by Gasteiger charge is -2.27. The fraction of sp³-hybridized carbons (Fsp3) is 0.263. The van der Waals surface area contributed by atoms with Crippen LogP contribution in [-0.2, 0) is 15.2 Å². The highest BCUT2D eigenvalue weighted by molar-refractivity contribution is 6.30. The monoisotopic (exact) mass is 376 g/mol. The number of halogens is 2. The van der Waals surface area contributed by atoms with Crippen LogP contribution in [0, 0.1) is 19.7 Å². The summed E-state index contributed by atoms with van der Waals surface area (Å²) in [6.07, 6.45) is 4.31. The molecule has 0 saturated carbocycles. The van der Waals surface area contributed by atoms with Crippen LogP contribution in [0.3, 0.4) is 0 Å². The van der Waals surface area contributed by atoms with Crippen LogP contribution in [0.1, 0.15) is 35.2 Å². The number of carbonyl (C=O) groups excluding carboxylic acids is 1. The zero-order valence-corrected chi connectivity index (χ0v) is 15.1. The van der Waals surface area contributed by atoms with Crippen LogP contribution in [-0.4, -0.2) is 16.1 Å². The lowest BCUT2D eigenvalue weighted by atomic mass is 9.77. The molecule has 0 fully saturated rings. The Morgan fingerprint density at radius 3 is 2.92 bits per heavy atom. The molecule has 1 atom stereocenters. The van der Waals surface area contributed by atoms with Gasteiger partial charge in [0.05, 0.1) is 10.4 Å². The van der Waals surface area contributed by atoms with Crippen molar-refractivity contribution in [2.75, 3.05) is 0 Å². The summed E-state index contributed by atoms with van der Waals surface area (Å²) in [4.78, 5) is 20.9. The van der Waals surface area contributed by atoms with Crippen molar-refractivity contribution < 1.29 is 19.4 Å². The number of pyridine rings is 1. The van der Waals surface area contributed by atoms with Gasteiger partial charge in [-0.05, 0) is 55.5 Å². The largest absolute Gasteiger partial charge is 0.271 e. The van der Waals surface area contributed by atoms with Crippen molar-refractivity contribution in [2.45, 2.75) is 32.1 Å². The number of allylic oxidation sites excluding steroid dienone is 1. The molecule has 7 heteroatoms. The maximum absolute atomic E-state index is 14.1. The van der Waals surface area contributed by atoms with Crippen LogP contribution >= 0.6 is 11.6 Å². The van der Waals surface area contributed by atoms with Crippen molar-refractivity contribution in [3.05, 3.63) is 69.8 Å². The summed E-state index contributed by atoms with van der Waals surface area (Å²) < 4.78 is 14.1. The van der Waals surface area contributed by atoms with Gasteiger partial charge < -0.3 is 0 Å². The molecule has 136 valence electrons. The van der Waals surface area contributed by atoms with E-state index in [0.717, 1.165) is 16.8 Å². The first-order valence-corrected chi connectivity index (χ1v) is 8.47. The summed E-state index contributed by atoms with van der Waals surface area (Å²) in [5.74, 6) is -0.974. The molecule has 1 aromatic heterocycles. The van der Waals surface area contributed by atoms with Crippen molar-refractivity contribution in [2.24, 2.45) is 0 Å². The van der Waals surface area contributed by atoms with Gasteiger partial charge in [-0.25, -0.2) is 15.1 Å². The molecule has 1 amide bonds. The average molecular weight is 377 g/mol. The first-order valence-electron chi connectivity index (χ1n) is 8.10. The number of carbonyl (C=O) groups is 1. The third-order valence-electron chi connectivity index (χ3n) is 4.90. The third kappa shape index (κ3) is 3.11. The van der Waals surface area contributed by atoms with Gasteiger partial charge in [0.2, 0.25) is 0 Å². The second kappa shape index (κ2) is 7.15. The fourth-order valence-corrected chi connectivity index (χ4v) is 3.71. The van der Waals surface area contributed by atoms with E-state index in [1.807, 2.05) is 12.4 Å². The molecule has 0 unspecified atom stereocenters. The predicted molar refractivity (Wildman–Crippen MR) is 95.9 cm³/mol. The highest BCUT2D eigenvalue weighted by Crippen LogP contribution is 2.45. The highest BCUT2D eigenvalue weighted by Gasteiger charge is 2.44.